The molecule has 0 aliphatic carbocycles. The number of rotatable bonds is 2. The number of benzene rings is 2. The Morgan fingerprint density at radius 1 is 1.14 bits per heavy atom. The maximum Gasteiger partial charge on any atom is 0.417 e. The van der Waals surface area contributed by atoms with Crippen molar-refractivity contribution in [2.45, 2.75) is 6.92 Å². The Hall–Kier alpha value is -2.59. The number of fused-ring (bicyclic) bond motifs is 1. The molecule has 1 aromatic heterocycles. The molecule has 0 saturated heterocycles. The van der Waals surface area contributed by atoms with Crippen LogP contribution in [-0.2, 0) is 0 Å². The molecular weight excluding hydrogens is 300 g/mol. The summed E-state index contributed by atoms with van der Waals surface area (Å²) in [4.78, 5) is 16.4. The first-order valence-corrected chi connectivity index (χ1v) is 7.10. The molecule has 1 amide bonds. The number of nitrogens with one attached hydrogen (secondary N) is 1. The van der Waals surface area contributed by atoms with E-state index in [1.807, 2.05) is 43.3 Å². The van der Waals surface area contributed by atoms with Crippen LogP contribution in [0.15, 0.2) is 54.7 Å². The third-order valence-corrected chi connectivity index (χ3v) is 3.56. The van der Waals surface area contributed by atoms with E-state index in [9.17, 15) is 4.79 Å². The molecule has 2 aromatic carbocycles. The highest BCUT2D eigenvalue weighted by atomic mass is 35.5. The topological polar surface area (TPSA) is 51.2 Å². The highest BCUT2D eigenvalue weighted by Crippen LogP contribution is 2.27. The quantitative estimate of drug-likeness (QED) is 0.739. The Bertz CT molecular complexity index is 823. The predicted octanol–water partition coefficient (Wildman–Crippen LogP) is 4.81. The van der Waals surface area contributed by atoms with Gasteiger partial charge in [-0.15, -0.1) is 0 Å². The van der Waals surface area contributed by atoms with E-state index in [0.717, 1.165) is 10.9 Å². The van der Waals surface area contributed by atoms with Crippen molar-refractivity contribution in [2.24, 2.45) is 0 Å². The van der Waals surface area contributed by atoms with Gasteiger partial charge in [0.2, 0.25) is 0 Å². The van der Waals surface area contributed by atoms with Gasteiger partial charge in [-0.2, -0.15) is 0 Å². The van der Waals surface area contributed by atoms with E-state index in [1.165, 1.54) is 0 Å². The lowest BCUT2D eigenvalue weighted by molar-refractivity contribution is 0.215. The van der Waals surface area contributed by atoms with Crippen LogP contribution < -0.4 is 10.1 Å². The summed E-state index contributed by atoms with van der Waals surface area (Å²) in [6, 6.07) is 14.6. The number of hydrogen-bond acceptors (Lipinski definition) is 3. The number of halogens is 1. The molecule has 0 bridgehead atoms. The molecule has 22 heavy (non-hydrogen) atoms. The number of nitrogens with zero attached hydrogens (tertiary/aromatic N) is 1. The Kier molecular flexibility index (Phi) is 3.94. The zero-order valence-corrected chi connectivity index (χ0v) is 12.6. The van der Waals surface area contributed by atoms with E-state index < -0.39 is 6.09 Å². The van der Waals surface area contributed by atoms with Gasteiger partial charge in [0.05, 0.1) is 10.7 Å². The van der Waals surface area contributed by atoms with Gasteiger partial charge < -0.3 is 4.74 Å². The number of hydrogen-bond donors (Lipinski definition) is 1. The fourth-order valence-electron chi connectivity index (χ4n) is 2.18. The molecule has 0 saturated carbocycles. The van der Waals surface area contributed by atoms with E-state index in [2.05, 4.69) is 10.3 Å². The minimum Gasteiger partial charge on any atom is -0.408 e. The number of ether oxygens (including phenoxy) is 1. The summed E-state index contributed by atoms with van der Waals surface area (Å²) in [6.45, 7) is 1.86. The highest BCUT2D eigenvalue weighted by molar-refractivity contribution is 6.33. The highest BCUT2D eigenvalue weighted by Gasteiger charge is 2.12. The Balaban J connectivity index is 1.85. The monoisotopic (exact) mass is 312 g/mol. The molecule has 0 atom stereocenters. The van der Waals surface area contributed by atoms with Crippen LogP contribution in [0.4, 0.5) is 10.5 Å². The summed E-state index contributed by atoms with van der Waals surface area (Å²) in [6.07, 6.45) is 1.06. The van der Waals surface area contributed by atoms with Crippen LogP contribution in [0.2, 0.25) is 5.02 Å². The molecule has 0 aliphatic heterocycles. The molecular formula is C17H13ClN2O2. The lowest BCUT2D eigenvalue weighted by Gasteiger charge is -2.11. The van der Waals surface area contributed by atoms with Crippen molar-refractivity contribution < 1.29 is 9.53 Å². The van der Waals surface area contributed by atoms with E-state index >= 15 is 0 Å². The normalized spacial score (nSPS) is 10.5. The van der Waals surface area contributed by atoms with Crippen molar-refractivity contribution in [3.05, 3.63) is 65.3 Å². The van der Waals surface area contributed by atoms with Crippen molar-refractivity contribution in [3.8, 4) is 5.75 Å². The average Bonchev–Trinajstić information content (AvgIpc) is 2.51. The molecule has 3 aromatic rings. The van der Waals surface area contributed by atoms with Gasteiger partial charge in [0.15, 0.2) is 5.75 Å². The first-order valence-electron chi connectivity index (χ1n) is 6.73. The SMILES string of the molecule is Cc1cccc(Cl)c1NC(=O)Oc1cccc2cccnc12. The molecule has 0 aliphatic rings. The molecule has 1 heterocycles. The van der Waals surface area contributed by atoms with Gasteiger partial charge in [0, 0.05) is 11.6 Å². The molecule has 0 radical (unpaired) electrons. The Morgan fingerprint density at radius 3 is 2.73 bits per heavy atom. The van der Waals surface area contributed by atoms with Crippen molar-refractivity contribution in [1.82, 2.24) is 4.98 Å². The van der Waals surface area contributed by atoms with Gasteiger partial charge in [-0.1, -0.05) is 41.9 Å². The number of carbonyl (C=O) groups is 1. The maximum absolute atomic E-state index is 12.1. The van der Waals surface area contributed by atoms with Crippen LogP contribution in [0, 0.1) is 6.92 Å². The number of pyridine rings is 1. The molecule has 0 spiro atoms. The Labute approximate surface area is 132 Å². The van der Waals surface area contributed by atoms with Crippen molar-refractivity contribution in [3.63, 3.8) is 0 Å². The van der Waals surface area contributed by atoms with E-state index in [4.69, 9.17) is 16.3 Å². The van der Waals surface area contributed by atoms with Gasteiger partial charge in [-0.25, -0.2) is 4.79 Å². The molecule has 110 valence electrons. The first kappa shape index (κ1) is 14.4. The fraction of sp³-hybridized carbons (Fsp3) is 0.0588. The smallest absolute Gasteiger partial charge is 0.408 e. The second-order valence-electron chi connectivity index (χ2n) is 4.78. The molecule has 3 rings (SSSR count). The second-order valence-corrected chi connectivity index (χ2v) is 5.18. The van der Waals surface area contributed by atoms with Crippen molar-refractivity contribution in [1.29, 1.82) is 0 Å². The minimum atomic E-state index is -0.602. The largest absolute Gasteiger partial charge is 0.417 e. The van der Waals surface area contributed by atoms with Crippen LogP contribution in [-0.4, -0.2) is 11.1 Å². The fourth-order valence-corrected chi connectivity index (χ4v) is 2.45. The van der Waals surface area contributed by atoms with E-state index in [1.54, 1.807) is 18.3 Å². The summed E-state index contributed by atoms with van der Waals surface area (Å²) in [7, 11) is 0. The van der Waals surface area contributed by atoms with Crippen LogP contribution in [0.1, 0.15) is 5.56 Å². The number of carbonyl (C=O) groups excluding carboxylic acids is 1. The number of amides is 1. The van der Waals surface area contributed by atoms with Crippen LogP contribution in [0.25, 0.3) is 10.9 Å². The summed E-state index contributed by atoms with van der Waals surface area (Å²) in [5.41, 5.74) is 2.04. The molecule has 0 fully saturated rings. The summed E-state index contributed by atoms with van der Waals surface area (Å²) in [5, 5.41) is 4.04. The number of aryl methyl sites for hydroxylation is 1. The standard InChI is InChI=1S/C17H13ClN2O2/c1-11-5-2-8-13(18)15(11)20-17(21)22-14-9-3-6-12-7-4-10-19-16(12)14/h2-10H,1H3,(H,20,21). The maximum atomic E-state index is 12.1. The molecule has 0 unspecified atom stereocenters. The van der Waals surface area contributed by atoms with Gasteiger partial charge in [-0.05, 0) is 30.7 Å². The predicted molar refractivity (Wildman–Crippen MR) is 87.6 cm³/mol. The summed E-state index contributed by atoms with van der Waals surface area (Å²) in [5.74, 6) is 0.403. The third-order valence-electron chi connectivity index (χ3n) is 3.25. The summed E-state index contributed by atoms with van der Waals surface area (Å²) < 4.78 is 5.37. The number of aromatic nitrogens is 1. The first-order chi connectivity index (χ1) is 10.6. The van der Waals surface area contributed by atoms with Gasteiger partial charge >= 0.3 is 6.09 Å². The van der Waals surface area contributed by atoms with Gasteiger partial charge in [-0.3, -0.25) is 10.3 Å². The zero-order chi connectivity index (χ0) is 15.5. The average molecular weight is 313 g/mol. The summed E-state index contributed by atoms with van der Waals surface area (Å²) >= 11 is 6.09. The van der Waals surface area contributed by atoms with Crippen LogP contribution >= 0.6 is 11.6 Å². The van der Waals surface area contributed by atoms with E-state index in [-0.39, 0.29) is 0 Å². The zero-order valence-electron chi connectivity index (χ0n) is 11.8. The van der Waals surface area contributed by atoms with Gasteiger partial charge in [0.25, 0.3) is 0 Å². The number of para-hydroxylation sites is 2. The third kappa shape index (κ3) is 2.87. The molecule has 4 nitrogen and oxygen atoms in total. The van der Waals surface area contributed by atoms with Crippen molar-refractivity contribution >= 4 is 34.3 Å². The van der Waals surface area contributed by atoms with E-state index in [0.29, 0.717) is 22.0 Å². The molecule has 5 heteroatoms. The lowest BCUT2D eigenvalue weighted by atomic mass is 10.2. The lowest BCUT2D eigenvalue weighted by Crippen LogP contribution is -2.18. The van der Waals surface area contributed by atoms with Crippen LogP contribution in [0.3, 0.4) is 0 Å². The van der Waals surface area contributed by atoms with Crippen LogP contribution in [0.5, 0.6) is 5.75 Å². The van der Waals surface area contributed by atoms with Crippen molar-refractivity contribution in [2.75, 3.05) is 5.32 Å². The molecule has 1 N–H and O–H groups in total. The number of anilines is 1. The Morgan fingerprint density at radius 2 is 1.91 bits per heavy atom. The van der Waals surface area contributed by atoms with Gasteiger partial charge in [0.1, 0.15) is 5.52 Å². The minimum absolute atomic E-state index is 0.403. The second kappa shape index (κ2) is 6.03.